The zero-order chi connectivity index (χ0) is 19.7. The number of benzene rings is 1. The smallest absolute Gasteiger partial charge is 0.322 e. The maximum absolute atomic E-state index is 13.1. The third-order valence-electron chi connectivity index (χ3n) is 4.96. The molecule has 0 aromatic heterocycles. The van der Waals surface area contributed by atoms with Crippen LogP contribution < -0.4 is 14.8 Å². The summed E-state index contributed by atoms with van der Waals surface area (Å²) in [6.45, 7) is 1.80. The van der Waals surface area contributed by atoms with E-state index in [2.05, 4.69) is 5.32 Å². The van der Waals surface area contributed by atoms with E-state index in [4.69, 9.17) is 9.47 Å². The fourth-order valence-corrected chi connectivity index (χ4v) is 3.37. The molecule has 8 nitrogen and oxygen atoms in total. The first kappa shape index (κ1) is 19.0. The minimum atomic E-state index is -0.537. The number of urea groups is 1. The summed E-state index contributed by atoms with van der Waals surface area (Å²) in [5, 5.41) is 2.93. The summed E-state index contributed by atoms with van der Waals surface area (Å²) < 4.78 is 10.7. The molecule has 1 atom stereocenters. The molecule has 0 radical (unpaired) electrons. The molecule has 0 unspecified atom stereocenters. The van der Waals surface area contributed by atoms with E-state index in [-0.39, 0.29) is 11.9 Å². The molecule has 1 aromatic carbocycles. The van der Waals surface area contributed by atoms with Gasteiger partial charge in [-0.1, -0.05) is 0 Å². The van der Waals surface area contributed by atoms with Gasteiger partial charge in [-0.3, -0.25) is 9.69 Å². The summed E-state index contributed by atoms with van der Waals surface area (Å²) in [6, 6.07) is 4.63. The van der Waals surface area contributed by atoms with Crippen molar-refractivity contribution in [3.05, 3.63) is 35.0 Å². The Kier molecular flexibility index (Phi) is 5.27. The summed E-state index contributed by atoms with van der Waals surface area (Å²) in [5.74, 6) is 1.16. The average Bonchev–Trinajstić information content (AvgIpc) is 2.99. The minimum Gasteiger partial charge on any atom is -0.497 e. The van der Waals surface area contributed by atoms with Gasteiger partial charge in [-0.2, -0.15) is 0 Å². The van der Waals surface area contributed by atoms with Gasteiger partial charge in [-0.15, -0.1) is 0 Å². The lowest BCUT2D eigenvalue weighted by Crippen LogP contribution is -2.45. The Morgan fingerprint density at radius 2 is 1.78 bits per heavy atom. The van der Waals surface area contributed by atoms with E-state index in [1.165, 1.54) is 4.90 Å². The number of carbonyl (C=O) groups excluding carboxylic acids is 2. The number of rotatable bonds is 6. The molecule has 27 heavy (non-hydrogen) atoms. The van der Waals surface area contributed by atoms with Crippen molar-refractivity contribution in [1.29, 1.82) is 0 Å². The van der Waals surface area contributed by atoms with Gasteiger partial charge in [0.05, 0.1) is 38.1 Å². The molecule has 2 aliphatic rings. The van der Waals surface area contributed by atoms with Crippen LogP contribution in [0.2, 0.25) is 0 Å². The lowest BCUT2D eigenvalue weighted by molar-refractivity contribution is -0.125. The molecule has 8 heteroatoms. The molecule has 1 aromatic rings. The number of methoxy groups -OCH3 is 2. The van der Waals surface area contributed by atoms with Crippen molar-refractivity contribution in [2.24, 2.45) is 0 Å². The van der Waals surface area contributed by atoms with E-state index in [0.717, 1.165) is 17.8 Å². The summed E-state index contributed by atoms with van der Waals surface area (Å²) in [4.78, 5) is 30.9. The average molecular weight is 374 g/mol. The van der Waals surface area contributed by atoms with Gasteiger partial charge in [-0.05, 0) is 31.8 Å². The van der Waals surface area contributed by atoms with Gasteiger partial charge in [0.15, 0.2) is 0 Å². The molecule has 0 saturated carbocycles. The molecule has 1 N–H and O–H groups in total. The Morgan fingerprint density at radius 3 is 2.33 bits per heavy atom. The van der Waals surface area contributed by atoms with Crippen molar-refractivity contribution >= 4 is 11.9 Å². The third-order valence-corrected chi connectivity index (χ3v) is 4.96. The number of carbonyl (C=O) groups is 2. The highest BCUT2D eigenvalue weighted by atomic mass is 16.5. The second-order valence-electron chi connectivity index (χ2n) is 6.98. The number of hydrogen-bond donors (Lipinski definition) is 1. The van der Waals surface area contributed by atoms with Gasteiger partial charge in [0.1, 0.15) is 11.5 Å². The van der Waals surface area contributed by atoms with Crippen LogP contribution in [-0.2, 0) is 4.79 Å². The Bertz CT molecular complexity index is 768. The first-order valence-electron chi connectivity index (χ1n) is 8.80. The van der Waals surface area contributed by atoms with E-state index in [0.29, 0.717) is 30.2 Å². The maximum Gasteiger partial charge on any atom is 0.322 e. The van der Waals surface area contributed by atoms with Crippen LogP contribution in [0.1, 0.15) is 11.6 Å². The number of likely N-dealkylation sites (N-methyl/N-ethyl adjacent to an activating group) is 2. The first-order valence-corrected chi connectivity index (χ1v) is 8.80. The predicted molar refractivity (Wildman–Crippen MR) is 101 cm³/mol. The fourth-order valence-electron chi connectivity index (χ4n) is 3.37. The van der Waals surface area contributed by atoms with Crippen LogP contribution >= 0.6 is 0 Å². The number of ether oxygens (including phenoxy) is 2. The van der Waals surface area contributed by atoms with Crippen LogP contribution in [0.4, 0.5) is 4.79 Å². The lowest BCUT2D eigenvalue weighted by Gasteiger charge is -2.31. The zero-order valence-corrected chi connectivity index (χ0v) is 16.4. The topological polar surface area (TPSA) is 74.3 Å². The molecule has 2 aliphatic heterocycles. The number of amides is 3. The monoisotopic (exact) mass is 374 g/mol. The van der Waals surface area contributed by atoms with Gasteiger partial charge in [-0.25, -0.2) is 4.79 Å². The second kappa shape index (κ2) is 7.48. The largest absolute Gasteiger partial charge is 0.497 e. The Hall–Kier alpha value is -2.74. The van der Waals surface area contributed by atoms with Crippen molar-refractivity contribution in [2.45, 2.75) is 6.04 Å². The quantitative estimate of drug-likeness (QED) is 0.806. The molecule has 0 saturated heterocycles. The third kappa shape index (κ3) is 3.57. The van der Waals surface area contributed by atoms with Gasteiger partial charge >= 0.3 is 6.03 Å². The van der Waals surface area contributed by atoms with Crippen LogP contribution in [0.3, 0.4) is 0 Å². The standard InChI is InChI=1S/C19H26N4O4/c1-21(2)6-7-23-11-15-16(18(23)24)17(20-19(25)22(15)3)12-8-13(26-4)10-14(9-12)27-5/h8-10,17H,6-7,11H2,1-5H3,(H,20,25)/t17-/m1/s1. The molecule has 0 fully saturated rings. The Morgan fingerprint density at radius 1 is 1.15 bits per heavy atom. The number of nitrogens with zero attached hydrogens (tertiary/aromatic N) is 3. The molecular weight excluding hydrogens is 348 g/mol. The molecule has 3 amide bonds. The summed E-state index contributed by atoms with van der Waals surface area (Å²) in [5.41, 5.74) is 2.10. The van der Waals surface area contributed by atoms with E-state index in [9.17, 15) is 9.59 Å². The van der Waals surface area contributed by atoms with E-state index >= 15 is 0 Å². The van der Waals surface area contributed by atoms with Crippen LogP contribution in [0.5, 0.6) is 11.5 Å². The Labute approximate surface area is 159 Å². The molecule has 0 aliphatic carbocycles. The van der Waals surface area contributed by atoms with Crippen molar-refractivity contribution in [2.75, 3.05) is 55.0 Å². The van der Waals surface area contributed by atoms with Crippen LogP contribution in [-0.4, -0.2) is 81.6 Å². The van der Waals surface area contributed by atoms with Gasteiger partial charge in [0.2, 0.25) is 0 Å². The lowest BCUT2D eigenvalue weighted by atomic mass is 9.95. The molecule has 3 rings (SSSR count). The fraction of sp³-hybridized carbons (Fsp3) is 0.474. The summed E-state index contributed by atoms with van der Waals surface area (Å²) in [7, 11) is 8.77. The zero-order valence-electron chi connectivity index (χ0n) is 16.4. The maximum atomic E-state index is 13.1. The highest BCUT2D eigenvalue weighted by Gasteiger charge is 2.42. The SMILES string of the molecule is COc1cc(OC)cc([C@H]2NC(=O)N(C)C3=C2C(=O)N(CCN(C)C)C3)c1. The molecule has 2 heterocycles. The number of nitrogens with one attached hydrogen (secondary N) is 1. The molecular formula is C19H26N4O4. The van der Waals surface area contributed by atoms with Crippen molar-refractivity contribution in [3.8, 4) is 11.5 Å². The highest BCUT2D eigenvalue weighted by molar-refractivity contribution is 6.01. The number of hydrogen-bond acceptors (Lipinski definition) is 5. The highest BCUT2D eigenvalue weighted by Crippen LogP contribution is 2.37. The van der Waals surface area contributed by atoms with E-state index in [1.54, 1.807) is 32.2 Å². The second-order valence-corrected chi connectivity index (χ2v) is 6.98. The predicted octanol–water partition coefficient (Wildman–Crippen LogP) is 1.06. The summed E-state index contributed by atoms with van der Waals surface area (Å²) >= 11 is 0. The first-order chi connectivity index (χ1) is 12.8. The van der Waals surface area contributed by atoms with Crippen LogP contribution in [0.25, 0.3) is 0 Å². The van der Waals surface area contributed by atoms with Crippen molar-refractivity contribution < 1.29 is 19.1 Å². The molecule has 0 spiro atoms. The van der Waals surface area contributed by atoms with Gasteiger partial charge in [0.25, 0.3) is 5.91 Å². The normalized spacial score (nSPS) is 19.6. The van der Waals surface area contributed by atoms with Crippen molar-refractivity contribution in [3.63, 3.8) is 0 Å². The van der Waals surface area contributed by atoms with Crippen LogP contribution in [0.15, 0.2) is 29.5 Å². The van der Waals surface area contributed by atoms with E-state index < -0.39 is 6.04 Å². The van der Waals surface area contributed by atoms with Gasteiger partial charge < -0.3 is 24.6 Å². The van der Waals surface area contributed by atoms with Gasteiger partial charge in [0, 0.05) is 26.2 Å². The van der Waals surface area contributed by atoms with Crippen molar-refractivity contribution in [1.82, 2.24) is 20.0 Å². The van der Waals surface area contributed by atoms with E-state index in [1.807, 2.05) is 31.1 Å². The van der Waals surface area contributed by atoms with Crippen LogP contribution in [0, 0.1) is 0 Å². The minimum absolute atomic E-state index is 0.0505. The Balaban J connectivity index is 1.99. The molecule has 146 valence electrons. The molecule has 0 bridgehead atoms. The summed E-state index contributed by atoms with van der Waals surface area (Å²) in [6.07, 6.45) is 0.